The van der Waals surface area contributed by atoms with Gasteiger partial charge in [0.1, 0.15) is 11.3 Å². The van der Waals surface area contributed by atoms with Crippen molar-refractivity contribution in [1.82, 2.24) is 14.9 Å². The molecule has 0 bridgehead atoms. The molecule has 1 aromatic heterocycles. The van der Waals surface area contributed by atoms with Crippen LogP contribution in [0.2, 0.25) is 0 Å². The number of imidazole rings is 1. The molecule has 0 saturated carbocycles. The standard InChI is InChI=1S/C14H19N3O2S/c1-17-11-6-3-7-12(20(2,18)19)13(11)16-14(17)10-5-4-8-15-9-10/h3,6-7,10,15H,4-5,8-9H2,1-2H3. The van der Waals surface area contributed by atoms with Gasteiger partial charge in [-0.15, -0.1) is 0 Å². The van der Waals surface area contributed by atoms with E-state index in [-0.39, 0.29) is 0 Å². The van der Waals surface area contributed by atoms with Gasteiger partial charge in [-0.3, -0.25) is 0 Å². The summed E-state index contributed by atoms with van der Waals surface area (Å²) in [5.74, 6) is 1.33. The number of aromatic nitrogens is 2. The van der Waals surface area contributed by atoms with Gasteiger partial charge in [0.2, 0.25) is 0 Å². The summed E-state index contributed by atoms with van der Waals surface area (Å²) in [5, 5.41) is 3.38. The van der Waals surface area contributed by atoms with E-state index in [4.69, 9.17) is 0 Å². The maximum absolute atomic E-state index is 11.9. The Morgan fingerprint density at radius 3 is 2.85 bits per heavy atom. The summed E-state index contributed by atoms with van der Waals surface area (Å²) in [4.78, 5) is 4.97. The normalized spacial score (nSPS) is 20.4. The van der Waals surface area contributed by atoms with Crippen LogP contribution in [0.5, 0.6) is 0 Å². The van der Waals surface area contributed by atoms with Crippen LogP contribution in [0.1, 0.15) is 24.6 Å². The summed E-state index contributed by atoms with van der Waals surface area (Å²) in [6.07, 6.45) is 3.46. The van der Waals surface area contributed by atoms with E-state index >= 15 is 0 Å². The van der Waals surface area contributed by atoms with Crippen LogP contribution in [0.4, 0.5) is 0 Å². The molecule has 1 aliphatic rings. The van der Waals surface area contributed by atoms with E-state index < -0.39 is 9.84 Å². The Morgan fingerprint density at radius 2 is 2.20 bits per heavy atom. The van der Waals surface area contributed by atoms with Crippen molar-refractivity contribution in [2.75, 3.05) is 19.3 Å². The quantitative estimate of drug-likeness (QED) is 0.910. The highest BCUT2D eigenvalue weighted by Gasteiger charge is 2.23. The lowest BCUT2D eigenvalue weighted by molar-refractivity contribution is 0.440. The van der Waals surface area contributed by atoms with Gasteiger partial charge >= 0.3 is 0 Å². The van der Waals surface area contributed by atoms with Crippen LogP contribution in [0, 0.1) is 0 Å². The van der Waals surface area contributed by atoms with E-state index in [1.807, 2.05) is 17.7 Å². The zero-order valence-electron chi connectivity index (χ0n) is 11.8. The predicted molar refractivity (Wildman–Crippen MR) is 78.7 cm³/mol. The SMILES string of the molecule is Cn1c(C2CCCNC2)nc2c(S(C)(=O)=O)cccc21. The number of benzene rings is 1. The van der Waals surface area contributed by atoms with Crippen LogP contribution in [-0.2, 0) is 16.9 Å². The molecule has 1 saturated heterocycles. The number of nitrogens with zero attached hydrogens (tertiary/aromatic N) is 2. The minimum Gasteiger partial charge on any atom is -0.331 e. The molecule has 1 unspecified atom stereocenters. The van der Waals surface area contributed by atoms with E-state index in [0.717, 1.165) is 37.3 Å². The third-order valence-electron chi connectivity index (χ3n) is 3.97. The number of para-hydroxylation sites is 1. The number of nitrogens with one attached hydrogen (secondary N) is 1. The van der Waals surface area contributed by atoms with Crippen molar-refractivity contribution in [2.24, 2.45) is 7.05 Å². The molecule has 0 spiro atoms. The number of aryl methyl sites for hydroxylation is 1. The summed E-state index contributed by atoms with van der Waals surface area (Å²) in [5.41, 5.74) is 1.48. The first kappa shape index (κ1) is 13.6. The summed E-state index contributed by atoms with van der Waals surface area (Å²) >= 11 is 0. The molecular formula is C14H19N3O2S. The number of hydrogen-bond donors (Lipinski definition) is 1. The van der Waals surface area contributed by atoms with Gasteiger partial charge in [-0.2, -0.15) is 0 Å². The molecule has 2 aromatic rings. The van der Waals surface area contributed by atoms with E-state index in [2.05, 4.69) is 10.3 Å². The lowest BCUT2D eigenvalue weighted by atomic mass is 9.99. The topological polar surface area (TPSA) is 64.0 Å². The van der Waals surface area contributed by atoms with E-state index in [1.165, 1.54) is 6.26 Å². The number of fused-ring (bicyclic) bond motifs is 1. The average molecular weight is 293 g/mol. The average Bonchev–Trinajstić information content (AvgIpc) is 2.76. The molecule has 0 amide bonds. The van der Waals surface area contributed by atoms with Gasteiger partial charge in [-0.05, 0) is 31.5 Å². The minimum absolute atomic E-state index is 0.320. The van der Waals surface area contributed by atoms with Crippen LogP contribution in [-0.4, -0.2) is 37.3 Å². The first-order valence-electron chi connectivity index (χ1n) is 6.84. The lowest BCUT2D eigenvalue weighted by Crippen LogP contribution is -2.29. The monoisotopic (exact) mass is 293 g/mol. The summed E-state index contributed by atoms with van der Waals surface area (Å²) in [6.45, 7) is 1.96. The van der Waals surface area contributed by atoms with Gasteiger partial charge in [0.05, 0.1) is 10.4 Å². The fourth-order valence-electron chi connectivity index (χ4n) is 2.94. The van der Waals surface area contributed by atoms with E-state index in [0.29, 0.717) is 16.3 Å². The van der Waals surface area contributed by atoms with Gasteiger partial charge in [0.25, 0.3) is 0 Å². The largest absolute Gasteiger partial charge is 0.331 e. The summed E-state index contributed by atoms with van der Waals surface area (Å²) in [7, 11) is -1.29. The van der Waals surface area contributed by atoms with E-state index in [1.54, 1.807) is 12.1 Å². The second kappa shape index (κ2) is 4.86. The molecule has 2 heterocycles. The highest BCUT2D eigenvalue weighted by Crippen LogP contribution is 2.28. The third kappa shape index (κ3) is 2.23. The van der Waals surface area contributed by atoms with Crippen molar-refractivity contribution >= 4 is 20.9 Å². The lowest BCUT2D eigenvalue weighted by Gasteiger charge is -2.22. The van der Waals surface area contributed by atoms with Crippen molar-refractivity contribution in [1.29, 1.82) is 0 Å². The Kier molecular flexibility index (Phi) is 3.30. The van der Waals surface area contributed by atoms with Crippen LogP contribution in [0.3, 0.4) is 0 Å². The van der Waals surface area contributed by atoms with Gasteiger partial charge < -0.3 is 9.88 Å². The molecule has 0 radical (unpaired) electrons. The van der Waals surface area contributed by atoms with Crippen molar-refractivity contribution in [2.45, 2.75) is 23.7 Å². The molecule has 20 heavy (non-hydrogen) atoms. The Balaban J connectivity index is 2.19. The maximum Gasteiger partial charge on any atom is 0.177 e. The molecule has 1 atom stereocenters. The molecule has 108 valence electrons. The highest BCUT2D eigenvalue weighted by atomic mass is 32.2. The van der Waals surface area contributed by atoms with Crippen molar-refractivity contribution < 1.29 is 8.42 Å². The second-order valence-corrected chi connectivity index (χ2v) is 7.45. The van der Waals surface area contributed by atoms with Crippen LogP contribution >= 0.6 is 0 Å². The molecule has 0 aliphatic carbocycles. The molecule has 1 aromatic carbocycles. The smallest absolute Gasteiger partial charge is 0.177 e. The molecule has 1 fully saturated rings. The first-order valence-corrected chi connectivity index (χ1v) is 8.74. The Bertz CT molecular complexity index is 743. The van der Waals surface area contributed by atoms with Crippen molar-refractivity contribution in [3.05, 3.63) is 24.0 Å². The number of hydrogen-bond acceptors (Lipinski definition) is 4. The van der Waals surface area contributed by atoms with Gasteiger partial charge in [0, 0.05) is 25.8 Å². The number of sulfone groups is 1. The van der Waals surface area contributed by atoms with Gasteiger partial charge in [0.15, 0.2) is 9.84 Å². The zero-order chi connectivity index (χ0) is 14.3. The zero-order valence-corrected chi connectivity index (χ0v) is 12.6. The molecule has 1 aliphatic heterocycles. The molecule has 1 N–H and O–H groups in total. The fourth-order valence-corrected chi connectivity index (χ4v) is 3.77. The second-order valence-electron chi connectivity index (χ2n) is 5.47. The molecule has 6 heteroatoms. The Morgan fingerprint density at radius 1 is 1.40 bits per heavy atom. The first-order chi connectivity index (χ1) is 9.48. The molecule has 3 rings (SSSR count). The fraction of sp³-hybridized carbons (Fsp3) is 0.500. The minimum atomic E-state index is -3.26. The van der Waals surface area contributed by atoms with Crippen LogP contribution in [0.15, 0.2) is 23.1 Å². The predicted octanol–water partition coefficient (Wildman–Crippen LogP) is 1.44. The Labute approximate surface area is 118 Å². The Hall–Kier alpha value is -1.40. The van der Waals surface area contributed by atoms with Crippen LogP contribution < -0.4 is 5.32 Å². The van der Waals surface area contributed by atoms with Crippen molar-refractivity contribution in [3.63, 3.8) is 0 Å². The van der Waals surface area contributed by atoms with Crippen LogP contribution in [0.25, 0.3) is 11.0 Å². The molecule has 5 nitrogen and oxygen atoms in total. The summed E-state index contributed by atoms with van der Waals surface area (Å²) in [6, 6.07) is 5.34. The maximum atomic E-state index is 11.9. The van der Waals surface area contributed by atoms with E-state index in [9.17, 15) is 8.42 Å². The highest BCUT2D eigenvalue weighted by molar-refractivity contribution is 7.91. The third-order valence-corrected chi connectivity index (χ3v) is 5.10. The number of piperidine rings is 1. The summed E-state index contributed by atoms with van der Waals surface area (Å²) < 4.78 is 25.8. The van der Waals surface area contributed by atoms with Gasteiger partial charge in [-0.1, -0.05) is 6.07 Å². The number of rotatable bonds is 2. The van der Waals surface area contributed by atoms with Gasteiger partial charge in [-0.25, -0.2) is 13.4 Å². The van der Waals surface area contributed by atoms with Crippen molar-refractivity contribution in [3.8, 4) is 0 Å². The molecular weight excluding hydrogens is 274 g/mol.